The minimum atomic E-state index is -2.93. The van der Waals surface area contributed by atoms with Crippen LogP contribution in [0.5, 0.6) is 5.75 Å². The summed E-state index contributed by atoms with van der Waals surface area (Å²) in [6.07, 6.45) is 1.81. The molecule has 0 aliphatic carbocycles. The number of hydrogen-bond acceptors (Lipinski definition) is 5. The zero-order valence-electron chi connectivity index (χ0n) is 16.3. The van der Waals surface area contributed by atoms with Crippen molar-refractivity contribution in [2.75, 3.05) is 63.3 Å². The second kappa shape index (κ2) is 11.6. The van der Waals surface area contributed by atoms with Crippen LogP contribution < -0.4 is 15.0 Å². The lowest BCUT2D eigenvalue weighted by atomic mass is 10.2. The van der Waals surface area contributed by atoms with Gasteiger partial charge in [-0.05, 0) is 25.5 Å². The van der Waals surface area contributed by atoms with E-state index in [0.717, 1.165) is 50.1 Å². The molecule has 0 unspecified atom stereocenters. The highest BCUT2D eigenvalue weighted by Crippen LogP contribution is 2.28. The highest BCUT2D eigenvalue weighted by atomic mass is 127. The van der Waals surface area contributed by atoms with E-state index in [1.807, 2.05) is 25.1 Å². The zero-order valence-corrected chi connectivity index (χ0v) is 19.5. The van der Waals surface area contributed by atoms with E-state index in [-0.39, 0.29) is 29.7 Å². The van der Waals surface area contributed by atoms with Crippen LogP contribution in [0.1, 0.15) is 13.3 Å². The highest BCUT2D eigenvalue weighted by Gasteiger charge is 2.21. The van der Waals surface area contributed by atoms with Gasteiger partial charge in [-0.2, -0.15) is 0 Å². The van der Waals surface area contributed by atoms with Gasteiger partial charge in [0.25, 0.3) is 0 Å². The SMILES string of the molecule is CCNC(=NCCCS(C)(=O)=O)N1CCN(c2ccccc2OC)CC1.I. The first-order valence-corrected chi connectivity index (χ1v) is 11.1. The van der Waals surface area contributed by atoms with E-state index in [4.69, 9.17) is 4.74 Å². The molecule has 154 valence electrons. The van der Waals surface area contributed by atoms with Crippen molar-refractivity contribution in [1.82, 2.24) is 10.2 Å². The minimum absolute atomic E-state index is 0. The van der Waals surface area contributed by atoms with Crippen LogP contribution in [0.4, 0.5) is 5.69 Å². The van der Waals surface area contributed by atoms with Gasteiger partial charge in [0.1, 0.15) is 15.6 Å². The number of aliphatic imine (C=N–C) groups is 1. The van der Waals surface area contributed by atoms with Crippen molar-refractivity contribution in [2.45, 2.75) is 13.3 Å². The van der Waals surface area contributed by atoms with E-state index in [9.17, 15) is 8.42 Å². The molecule has 0 spiro atoms. The summed E-state index contributed by atoms with van der Waals surface area (Å²) in [7, 11) is -1.23. The van der Waals surface area contributed by atoms with Crippen molar-refractivity contribution in [1.29, 1.82) is 0 Å². The molecule has 27 heavy (non-hydrogen) atoms. The van der Waals surface area contributed by atoms with E-state index >= 15 is 0 Å². The summed E-state index contributed by atoms with van der Waals surface area (Å²) >= 11 is 0. The Labute approximate surface area is 180 Å². The van der Waals surface area contributed by atoms with E-state index in [0.29, 0.717) is 13.0 Å². The van der Waals surface area contributed by atoms with Crippen LogP contribution in [0.3, 0.4) is 0 Å². The Kier molecular flexibility index (Phi) is 10.2. The third-order valence-electron chi connectivity index (χ3n) is 4.27. The second-order valence-electron chi connectivity index (χ2n) is 6.37. The van der Waals surface area contributed by atoms with Gasteiger partial charge in [0.05, 0.1) is 18.6 Å². The number of piperazine rings is 1. The number of nitrogens with zero attached hydrogens (tertiary/aromatic N) is 3. The average Bonchev–Trinajstić information content (AvgIpc) is 2.63. The normalized spacial score (nSPS) is 15.3. The van der Waals surface area contributed by atoms with Crippen LogP contribution >= 0.6 is 24.0 Å². The number of sulfone groups is 1. The molecule has 0 aromatic heterocycles. The number of para-hydroxylation sites is 2. The Balaban J connectivity index is 0.00000364. The van der Waals surface area contributed by atoms with Gasteiger partial charge in [0.15, 0.2) is 5.96 Å². The van der Waals surface area contributed by atoms with Gasteiger partial charge in [0.2, 0.25) is 0 Å². The Morgan fingerprint density at radius 1 is 1.22 bits per heavy atom. The average molecular weight is 510 g/mol. The van der Waals surface area contributed by atoms with Gasteiger partial charge in [-0.25, -0.2) is 8.42 Å². The smallest absolute Gasteiger partial charge is 0.194 e. The van der Waals surface area contributed by atoms with Crippen molar-refractivity contribution < 1.29 is 13.2 Å². The molecule has 1 saturated heterocycles. The van der Waals surface area contributed by atoms with E-state index < -0.39 is 9.84 Å². The second-order valence-corrected chi connectivity index (χ2v) is 8.62. The number of ether oxygens (including phenoxy) is 1. The predicted molar refractivity (Wildman–Crippen MR) is 123 cm³/mol. The predicted octanol–water partition coefficient (Wildman–Crippen LogP) is 1.84. The number of hydrogen-bond donors (Lipinski definition) is 1. The maximum Gasteiger partial charge on any atom is 0.194 e. The molecular weight excluding hydrogens is 479 g/mol. The third-order valence-corrected chi connectivity index (χ3v) is 5.31. The molecule has 1 N–H and O–H groups in total. The van der Waals surface area contributed by atoms with Crippen molar-refractivity contribution >= 4 is 45.5 Å². The van der Waals surface area contributed by atoms with Crippen molar-refractivity contribution in [3.8, 4) is 5.75 Å². The summed E-state index contributed by atoms with van der Waals surface area (Å²) in [6.45, 7) is 6.82. The van der Waals surface area contributed by atoms with Gasteiger partial charge >= 0.3 is 0 Å². The number of anilines is 1. The van der Waals surface area contributed by atoms with Gasteiger partial charge in [-0.15, -0.1) is 24.0 Å². The van der Waals surface area contributed by atoms with Gasteiger partial charge in [0, 0.05) is 45.5 Å². The van der Waals surface area contributed by atoms with Crippen LogP contribution in [0.15, 0.2) is 29.3 Å². The standard InChI is InChI=1S/C18H30N4O3S.HI/c1-4-19-18(20-10-7-15-26(3,23)24)22-13-11-21(12-14-22)16-8-5-6-9-17(16)25-2;/h5-6,8-9H,4,7,10-15H2,1-3H3,(H,19,20);1H. The van der Waals surface area contributed by atoms with Crippen LogP contribution in [0.25, 0.3) is 0 Å². The molecule has 0 amide bonds. The fraction of sp³-hybridized carbons (Fsp3) is 0.611. The molecule has 2 rings (SSSR count). The molecule has 1 aliphatic heterocycles. The van der Waals surface area contributed by atoms with Crippen molar-refractivity contribution in [3.63, 3.8) is 0 Å². The van der Waals surface area contributed by atoms with Crippen molar-refractivity contribution in [3.05, 3.63) is 24.3 Å². The number of methoxy groups -OCH3 is 1. The molecule has 0 saturated carbocycles. The molecule has 1 heterocycles. The number of rotatable bonds is 7. The molecule has 1 aromatic rings. The summed E-state index contributed by atoms with van der Waals surface area (Å²) < 4.78 is 27.9. The quantitative estimate of drug-likeness (QED) is 0.261. The molecule has 1 aromatic carbocycles. The molecule has 0 radical (unpaired) electrons. The summed E-state index contributed by atoms with van der Waals surface area (Å²) in [4.78, 5) is 9.15. The molecule has 7 nitrogen and oxygen atoms in total. The summed E-state index contributed by atoms with van der Waals surface area (Å²) in [5, 5.41) is 3.31. The Bertz CT molecular complexity index is 704. The fourth-order valence-electron chi connectivity index (χ4n) is 2.99. The lowest BCUT2D eigenvalue weighted by Crippen LogP contribution is -2.52. The zero-order chi connectivity index (χ0) is 19.0. The third kappa shape index (κ3) is 7.73. The lowest BCUT2D eigenvalue weighted by Gasteiger charge is -2.38. The fourth-order valence-corrected chi connectivity index (χ4v) is 3.64. The maximum atomic E-state index is 11.2. The maximum absolute atomic E-state index is 11.2. The Morgan fingerprint density at radius 3 is 2.48 bits per heavy atom. The first-order valence-electron chi connectivity index (χ1n) is 9.03. The van der Waals surface area contributed by atoms with Gasteiger partial charge < -0.3 is 19.9 Å². The van der Waals surface area contributed by atoms with E-state index in [2.05, 4.69) is 26.2 Å². The topological polar surface area (TPSA) is 74.2 Å². The van der Waals surface area contributed by atoms with Crippen LogP contribution in [-0.2, 0) is 9.84 Å². The lowest BCUT2D eigenvalue weighted by molar-refractivity contribution is 0.367. The molecule has 1 aliphatic rings. The van der Waals surface area contributed by atoms with E-state index in [1.165, 1.54) is 6.26 Å². The monoisotopic (exact) mass is 510 g/mol. The summed E-state index contributed by atoms with van der Waals surface area (Å²) in [6, 6.07) is 8.07. The Morgan fingerprint density at radius 2 is 1.89 bits per heavy atom. The van der Waals surface area contributed by atoms with Crippen LogP contribution in [0, 0.1) is 0 Å². The number of halogens is 1. The minimum Gasteiger partial charge on any atom is -0.495 e. The highest BCUT2D eigenvalue weighted by molar-refractivity contribution is 14.0. The van der Waals surface area contributed by atoms with Gasteiger partial charge in [-0.3, -0.25) is 4.99 Å². The van der Waals surface area contributed by atoms with Gasteiger partial charge in [-0.1, -0.05) is 12.1 Å². The molecule has 9 heteroatoms. The van der Waals surface area contributed by atoms with Crippen LogP contribution in [0.2, 0.25) is 0 Å². The van der Waals surface area contributed by atoms with E-state index in [1.54, 1.807) is 7.11 Å². The molecule has 0 bridgehead atoms. The Hall–Kier alpha value is -1.23. The summed E-state index contributed by atoms with van der Waals surface area (Å²) in [5.74, 6) is 1.93. The van der Waals surface area contributed by atoms with Crippen molar-refractivity contribution in [2.24, 2.45) is 4.99 Å². The van der Waals surface area contributed by atoms with Crippen LogP contribution in [-0.4, -0.2) is 77.7 Å². The first-order chi connectivity index (χ1) is 12.4. The number of benzene rings is 1. The number of nitrogens with one attached hydrogen (secondary N) is 1. The summed E-state index contributed by atoms with van der Waals surface area (Å²) in [5.41, 5.74) is 1.12. The first kappa shape index (κ1) is 23.8. The number of guanidine groups is 1. The largest absolute Gasteiger partial charge is 0.495 e. The molecule has 1 fully saturated rings. The molecular formula is C18H31IN4O3S. The molecule has 0 atom stereocenters.